The first-order valence-electron chi connectivity index (χ1n) is 9.24. The van der Waals surface area contributed by atoms with E-state index in [2.05, 4.69) is 4.99 Å². The van der Waals surface area contributed by atoms with Gasteiger partial charge in [0.25, 0.3) is 0 Å². The van der Waals surface area contributed by atoms with Crippen LogP contribution < -0.4 is 10.5 Å². The molecule has 0 radical (unpaired) electrons. The number of nitrogens with one attached hydrogen (secondary N) is 1. The summed E-state index contributed by atoms with van der Waals surface area (Å²) in [5.74, 6) is -1.60. The van der Waals surface area contributed by atoms with E-state index in [9.17, 15) is 19.0 Å². The summed E-state index contributed by atoms with van der Waals surface area (Å²) in [6, 6.07) is 3.00. The minimum absolute atomic E-state index is 0.0265. The Morgan fingerprint density at radius 2 is 2.03 bits per heavy atom. The second-order valence-corrected chi connectivity index (χ2v) is 6.99. The lowest BCUT2D eigenvalue weighted by Crippen LogP contribution is -2.34. The number of hydrogen-bond donors (Lipinski definition) is 4. The molecule has 156 valence electrons. The van der Waals surface area contributed by atoms with Gasteiger partial charge in [-0.1, -0.05) is 0 Å². The predicted molar refractivity (Wildman–Crippen MR) is 105 cm³/mol. The molecule has 1 aliphatic rings. The Morgan fingerprint density at radius 1 is 1.34 bits per heavy atom. The lowest BCUT2D eigenvalue weighted by Gasteiger charge is -2.20. The number of aliphatic hydroxyl groups excluding tert-OH is 2. The van der Waals surface area contributed by atoms with Crippen LogP contribution in [0.5, 0.6) is 5.75 Å². The first-order chi connectivity index (χ1) is 13.8. The largest absolute Gasteiger partial charge is 0.487 e. The molecule has 4 atom stereocenters. The Bertz CT molecular complexity index is 944. The van der Waals surface area contributed by atoms with Crippen LogP contribution in [0.1, 0.15) is 37.4 Å². The second-order valence-electron chi connectivity index (χ2n) is 6.99. The van der Waals surface area contributed by atoms with Gasteiger partial charge in [-0.3, -0.25) is 0 Å². The first-order valence-corrected chi connectivity index (χ1v) is 9.24. The highest BCUT2D eigenvalue weighted by atomic mass is 19.2. The van der Waals surface area contributed by atoms with Crippen LogP contribution in [0.3, 0.4) is 0 Å². The van der Waals surface area contributed by atoms with Crippen LogP contribution in [0.25, 0.3) is 0 Å². The molecule has 1 saturated carbocycles. The molecule has 3 rings (SSSR count). The van der Waals surface area contributed by atoms with Gasteiger partial charge in [-0.2, -0.15) is 0 Å². The molecule has 1 aliphatic carbocycles. The van der Waals surface area contributed by atoms with Crippen LogP contribution >= 0.6 is 0 Å². The summed E-state index contributed by atoms with van der Waals surface area (Å²) >= 11 is 0. The van der Waals surface area contributed by atoms with Crippen LogP contribution in [0, 0.1) is 17.0 Å². The number of ether oxygens (including phenoxy) is 1. The maximum absolute atomic E-state index is 13.7. The van der Waals surface area contributed by atoms with Crippen molar-refractivity contribution in [1.29, 1.82) is 5.41 Å². The smallest absolute Gasteiger partial charge is 0.162 e. The van der Waals surface area contributed by atoms with Crippen LogP contribution in [0.15, 0.2) is 29.4 Å². The minimum Gasteiger partial charge on any atom is -0.487 e. The normalized spacial score (nSPS) is 24.4. The molecule has 0 bridgehead atoms. The molecular formula is C20H24F2N4O3. The quantitative estimate of drug-likeness (QED) is 0.551. The molecule has 0 amide bonds. The number of hydrogen-bond acceptors (Lipinski definition) is 6. The number of rotatable bonds is 6. The Balaban J connectivity index is 1.91. The number of aliphatic hydroxyl groups is 2. The van der Waals surface area contributed by atoms with Gasteiger partial charge in [-0.05, 0) is 26.0 Å². The molecule has 1 heterocycles. The van der Waals surface area contributed by atoms with Crippen LogP contribution in [-0.2, 0) is 6.54 Å². The average molecular weight is 406 g/mol. The van der Waals surface area contributed by atoms with E-state index in [-0.39, 0.29) is 24.3 Å². The molecule has 1 fully saturated rings. The Kier molecular flexibility index (Phi) is 6.11. The number of benzene rings is 1. The third kappa shape index (κ3) is 3.93. The molecule has 0 unspecified atom stereocenters. The Morgan fingerprint density at radius 3 is 2.66 bits per heavy atom. The van der Waals surface area contributed by atoms with Crippen LogP contribution in [-0.4, -0.2) is 45.0 Å². The zero-order chi connectivity index (χ0) is 21.3. The highest BCUT2D eigenvalue weighted by Gasteiger charge is 2.45. The zero-order valence-electron chi connectivity index (χ0n) is 16.1. The van der Waals surface area contributed by atoms with E-state index in [4.69, 9.17) is 15.9 Å². The predicted octanol–water partition coefficient (Wildman–Crippen LogP) is 2.45. The van der Waals surface area contributed by atoms with Crippen molar-refractivity contribution in [3.8, 4) is 5.75 Å². The molecule has 0 spiro atoms. The van der Waals surface area contributed by atoms with Crippen molar-refractivity contribution in [1.82, 2.24) is 4.57 Å². The van der Waals surface area contributed by atoms with E-state index >= 15 is 0 Å². The molecule has 0 aliphatic heterocycles. The van der Waals surface area contributed by atoms with E-state index in [0.29, 0.717) is 17.1 Å². The van der Waals surface area contributed by atoms with Crippen molar-refractivity contribution in [3.05, 3.63) is 47.2 Å². The van der Waals surface area contributed by atoms with Crippen LogP contribution in [0.4, 0.5) is 14.6 Å². The Hall–Kier alpha value is -2.62. The lowest BCUT2D eigenvalue weighted by atomic mass is 10.1. The van der Waals surface area contributed by atoms with Gasteiger partial charge in [-0.25, -0.2) is 13.8 Å². The molecule has 0 saturated heterocycles. The SMILES string of the molecule is C/C=N\c1c(C(C)=N)ccn1[C@@H]1C[C@H](Oc2cc(F)c(F)cc2CN)[C@@H](O)[C@H]1O. The fourth-order valence-electron chi connectivity index (χ4n) is 3.62. The van der Waals surface area contributed by atoms with Gasteiger partial charge in [0, 0.05) is 48.3 Å². The van der Waals surface area contributed by atoms with Gasteiger partial charge in [0.2, 0.25) is 0 Å². The molecule has 29 heavy (non-hydrogen) atoms. The topological polar surface area (TPSA) is 117 Å². The highest BCUT2D eigenvalue weighted by molar-refractivity contribution is 6.00. The summed E-state index contributed by atoms with van der Waals surface area (Å²) in [4.78, 5) is 4.31. The molecule has 5 N–H and O–H groups in total. The van der Waals surface area contributed by atoms with Gasteiger partial charge in [0.05, 0.1) is 6.04 Å². The van der Waals surface area contributed by atoms with Gasteiger partial charge >= 0.3 is 0 Å². The monoisotopic (exact) mass is 406 g/mol. The summed E-state index contributed by atoms with van der Waals surface area (Å²) < 4.78 is 34.5. The van der Waals surface area contributed by atoms with Gasteiger partial charge in [0.1, 0.15) is 29.9 Å². The summed E-state index contributed by atoms with van der Waals surface area (Å²) in [6.07, 6.45) is 0.173. The summed E-state index contributed by atoms with van der Waals surface area (Å²) in [6.45, 7) is 3.30. The molecule has 2 aromatic rings. The maximum atomic E-state index is 13.7. The summed E-state index contributed by atoms with van der Waals surface area (Å²) in [5.41, 5.74) is 6.78. The van der Waals surface area contributed by atoms with E-state index in [0.717, 1.165) is 12.1 Å². The number of aromatic nitrogens is 1. The van der Waals surface area contributed by atoms with Gasteiger partial charge < -0.3 is 30.7 Å². The minimum atomic E-state index is -1.26. The third-order valence-corrected chi connectivity index (χ3v) is 5.10. The number of halogens is 2. The van der Waals surface area contributed by atoms with Crippen molar-refractivity contribution < 1.29 is 23.7 Å². The zero-order valence-corrected chi connectivity index (χ0v) is 16.1. The van der Waals surface area contributed by atoms with Crippen molar-refractivity contribution in [3.63, 3.8) is 0 Å². The van der Waals surface area contributed by atoms with Crippen LogP contribution in [0.2, 0.25) is 0 Å². The summed E-state index contributed by atoms with van der Waals surface area (Å²) in [7, 11) is 0. The number of nitrogens with zero attached hydrogens (tertiary/aromatic N) is 2. The van der Waals surface area contributed by atoms with Crippen molar-refractivity contribution in [2.45, 2.75) is 51.2 Å². The number of aliphatic imine (C=N–C) groups is 1. The second kappa shape index (κ2) is 8.40. The van der Waals surface area contributed by atoms with Crippen molar-refractivity contribution in [2.24, 2.45) is 10.7 Å². The molecule has 1 aromatic heterocycles. The number of nitrogens with two attached hydrogens (primary N) is 1. The highest BCUT2D eigenvalue weighted by Crippen LogP contribution is 2.38. The molecular weight excluding hydrogens is 382 g/mol. The van der Waals surface area contributed by atoms with E-state index < -0.39 is 36.0 Å². The first kappa shape index (κ1) is 21.1. The van der Waals surface area contributed by atoms with Crippen molar-refractivity contribution in [2.75, 3.05) is 0 Å². The average Bonchev–Trinajstić information content (AvgIpc) is 3.21. The lowest BCUT2D eigenvalue weighted by molar-refractivity contribution is -0.0168. The molecule has 9 heteroatoms. The van der Waals surface area contributed by atoms with Gasteiger partial charge in [0.15, 0.2) is 11.6 Å². The summed E-state index contributed by atoms with van der Waals surface area (Å²) in [5, 5.41) is 29.0. The third-order valence-electron chi connectivity index (χ3n) is 5.10. The maximum Gasteiger partial charge on any atom is 0.162 e. The van der Waals surface area contributed by atoms with E-state index in [1.54, 1.807) is 36.9 Å². The fraction of sp³-hybridized carbons (Fsp3) is 0.400. The molecule has 1 aromatic carbocycles. The standard InChI is InChI=1S/C20H24F2N4O3/c1-3-25-20-12(10(2)24)4-5-26(20)15-8-17(19(28)18(15)27)29-16-7-14(22)13(21)6-11(16)9-23/h3-7,15,17-19,24,27-28H,8-9,23H2,1-2H3/b24-10?,25-3-/t15-,17+,18+,19-/m1/s1. The fourth-order valence-corrected chi connectivity index (χ4v) is 3.62. The Labute approximate surface area is 167 Å². The van der Waals surface area contributed by atoms with Crippen molar-refractivity contribution >= 4 is 17.7 Å². The van der Waals surface area contributed by atoms with E-state index in [1.165, 1.54) is 0 Å². The molecule has 7 nitrogen and oxygen atoms in total. The van der Waals surface area contributed by atoms with E-state index in [1.807, 2.05) is 0 Å². The van der Waals surface area contributed by atoms with Gasteiger partial charge in [-0.15, -0.1) is 0 Å².